The Balaban J connectivity index is 2.35. The second kappa shape index (κ2) is 6.83. The van der Waals surface area contributed by atoms with E-state index in [2.05, 4.69) is 10.6 Å². The van der Waals surface area contributed by atoms with E-state index in [1.807, 2.05) is 0 Å². The van der Waals surface area contributed by atoms with Crippen molar-refractivity contribution in [3.8, 4) is 0 Å². The fraction of sp³-hybridized carbons (Fsp3) is 0.727. The van der Waals surface area contributed by atoms with Gasteiger partial charge in [0, 0.05) is 26.1 Å². The third-order valence-electron chi connectivity index (χ3n) is 2.67. The molecule has 0 aromatic carbocycles. The molecular formula is C11H19N3O4. The Bertz CT molecular complexity index is 332. The van der Waals surface area contributed by atoms with E-state index < -0.39 is 5.97 Å². The topological polar surface area (TPSA) is 98.7 Å². The molecule has 0 spiro atoms. The Kier molecular flexibility index (Phi) is 5.41. The van der Waals surface area contributed by atoms with Crippen LogP contribution in [0.1, 0.15) is 19.8 Å². The molecule has 3 N–H and O–H groups in total. The lowest BCUT2D eigenvalue weighted by atomic mass is 10.1. The van der Waals surface area contributed by atoms with Crippen LogP contribution in [0.2, 0.25) is 0 Å². The molecule has 0 saturated carbocycles. The second-order valence-electron chi connectivity index (χ2n) is 4.51. The van der Waals surface area contributed by atoms with Gasteiger partial charge in [0.2, 0.25) is 5.91 Å². The minimum absolute atomic E-state index is 0.0146. The zero-order valence-corrected chi connectivity index (χ0v) is 10.4. The largest absolute Gasteiger partial charge is 0.481 e. The van der Waals surface area contributed by atoms with Crippen molar-refractivity contribution in [2.24, 2.45) is 5.92 Å². The fourth-order valence-electron chi connectivity index (χ4n) is 1.72. The number of aliphatic carboxylic acids is 1. The highest BCUT2D eigenvalue weighted by Crippen LogP contribution is 2.01. The SMILES string of the molecule is CC(CNC(=O)N1CCCNC(=O)C1)CC(=O)O. The number of nitrogens with one attached hydrogen (secondary N) is 2. The zero-order chi connectivity index (χ0) is 13.5. The highest BCUT2D eigenvalue weighted by molar-refractivity contribution is 5.84. The van der Waals surface area contributed by atoms with Crippen LogP contribution < -0.4 is 10.6 Å². The van der Waals surface area contributed by atoms with Crippen molar-refractivity contribution in [1.82, 2.24) is 15.5 Å². The van der Waals surface area contributed by atoms with Crippen molar-refractivity contribution in [1.29, 1.82) is 0 Å². The standard InChI is InChI=1S/C11H19N3O4/c1-8(5-10(16)17)6-13-11(18)14-4-2-3-12-9(15)7-14/h8H,2-7H2,1H3,(H,12,15)(H,13,18)(H,16,17). The minimum atomic E-state index is -0.883. The van der Waals surface area contributed by atoms with Crippen LogP contribution in [-0.2, 0) is 9.59 Å². The normalized spacial score (nSPS) is 17.6. The molecule has 0 bridgehead atoms. The lowest BCUT2D eigenvalue weighted by Crippen LogP contribution is -2.44. The molecular weight excluding hydrogens is 238 g/mol. The Hall–Kier alpha value is -1.79. The molecule has 1 aliphatic rings. The predicted octanol–water partition coefficient (Wildman–Crippen LogP) is -0.371. The van der Waals surface area contributed by atoms with Crippen LogP contribution in [0.4, 0.5) is 4.79 Å². The number of carboxylic acids is 1. The van der Waals surface area contributed by atoms with Gasteiger partial charge in [-0.1, -0.05) is 6.92 Å². The fourth-order valence-corrected chi connectivity index (χ4v) is 1.72. The van der Waals surface area contributed by atoms with Gasteiger partial charge in [0.25, 0.3) is 0 Å². The Morgan fingerprint density at radius 2 is 2.28 bits per heavy atom. The first-order chi connectivity index (χ1) is 8.49. The van der Waals surface area contributed by atoms with Crippen LogP contribution in [0.15, 0.2) is 0 Å². The van der Waals surface area contributed by atoms with Gasteiger partial charge in [0.1, 0.15) is 6.54 Å². The van der Waals surface area contributed by atoms with Gasteiger partial charge >= 0.3 is 12.0 Å². The Labute approximate surface area is 106 Å². The molecule has 102 valence electrons. The number of amides is 3. The first-order valence-corrected chi connectivity index (χ1v) is 6.00. The van der Waals surface area contributed by atoms with Gasteiger partial charge in [-0.2, -0.15) is 0 Å². The summed E-state index contributed by atoms with van der Waals surface area (Å²) in [5.41, 5.74) is 0. The third kappa shape index (κ3) is 5.03. The molecule has 3 amide bonds. The molecule has 7 heteroatoms. The van der Waals surface area contributed by atoms with Crippen molar-refractivity contribution in [2.75, 3.05) is 26.2 Å². The van der Waals surface area contributed by atoms with Crippen molar-refractivity contribution in [3.05, 3.63) is 0 Å². The highest BCUT2D eigenvalue weighted by Gasteiger charge is 2.20. The van der Waals surface area contributed by atoms with Crippen LogP contribution in [0, 0.1) is 5.92 Å². The molecule has 1 heterocycles. The van der Waals surface area contributed by atoms with Crippen molar-refractivity contribution >= 4 is 17.9 Å². The monoisotopic (exact) mass is 257 g/mol. The van der Waals surface area contributed by atoms with Crippen molar-refractivity contribution < 1.29 is 19.5 Å². The summed E-state index contributed by atoms with van der Waals surface area (Å²) in [6.45, 7) is 3.21. The van der Waals surface area contributed by atoms with E-state index in [0.29, 0.717) is 19.6 Å². The summed E-state index contributed by atoms with van der Waals surface area (Å²) in [5, 5.41) is 13.9. The van der Waals surface area contributed by atoms with Gasteiger partial charge in [-0.15, -0.1) is 0 Å². The quantitative estimate of drug-likeness (QED) is 0.640. The number of carboxylic acid groups (broad SMARTS) is 1. The molecule has 1 fully saturated rings. The smallest absolute Gasteiger partial charge is 0.317 e. The van der Waals surface area contributed by atoms with E-state index in [-0.39, 0.29) is 30.8 Å². The first-order valence-electron chi connectivity index (χ1n) is 6.00. The number of carbonyl (C=O) groups is 3. The molecule has 7 nitrogen and oxygen atoms in total. The molecule has 1 unspecified atom stereocenters. The minimum Gasteiger partial charge on any atom is -0.481 e. The maximum atomic E-state index is 11.8. The average Bonchev–Trinajstić information content (AvgIpc) is 2.50. The number of nitrogens with zero attached hydrogens (tertiary/aromatic N) is 1. The second-order valence-corrected chi connectivity index (χ2v) is 4.51. The highest BCUT2D eigenvalue weighted by atomic mass is 16.4. The molecule has 0 aliphatic carbocycles. The number of urea groups is 1. The van der Waals surface area contributed by atoms with Crippen molar-refractivity contribution in [3.63, 3.8) is 0 Å². The molecule has 18 heavy (non-hydrogen) atoms. The predicted molar refractivity (Wildman–Crippen MR) is 64.0 cm³/mol. The molecule has 1 aliphatic heterocycles. The third-order valence-corrected chi connectivity index (χ3v) is 2.67. The summed E-state index contributed by atoms with van der Waals surface area (Å²) in [6, 6.07) is -0.315. The molecule has 1 saturated heterocycles. The number of hydrogen-bond acceptors (Lipinski definition) is 3. The van der Waals surface area contributed by atoms with Crippen LogP contribution in [0.5, 0.6) is 0 Å². The van der Waals surface area contributed by atoms with Crippen LogP contribution in [0.25, 0.3) is 0 Å². The van der Waals surface area contributed by atoms with E-state index in [1.54, 1.807) is 6.92 Å². The van der Waals surface area contributed by atoms with Gasteiger partial charge < -0.3 is 20.6 Å². The van der Waals surface area contributed by atoms with Gasteiger partial charge in [-0.25, -0.2) is 4.79 Å². The van der Waals surface area contributed by atoms with Gasteiger partial charge in [-0.05, 0) is 12.3 Å². The Morgan fingerprint density at radius 3 is 2.94 bits per heavy atom. The number of hydrogen-bond donors (Lipinski definition) is 3. The van der Waals surface area contributed by atoms with Gasteiger partial charge in [-0.3, -0.25) is 9.59 Å². The van der Waals surface area contributed by atoms with E-state index in [0.717, 1.165) is 6.42 Å². The summed E-state index contributed by atoms with van der Waals surface area (Å²) in [7, 11) is 0. The molecule has 1 rings (SSSR count). The average molecular weight is 257 g/mol. The summed E-state index contributed by atoms with van der Waals surface area (Å²) < 4.78 is 0. The molecule has 1 atom stereocenters. The molecule has 0 aromatic rings. The number of rotatable bonds is 4. The van der Waals surface area contributed by atoms with Crippen LogP contribution in [-0.4, -0.2) is 54.1 Å². The van der Waals surface area contributed by atoms with Crippen LogP contribution in [0.3, 0.4) is 0 Å². The maximum Gasteiger partial charge on any atom is 0.317 e. The van der Waals surface area contributed by atoms with E-state index in [9.17, 15) is 14.4 Å². The lowest BCUT2D eigenvalue weighted by Gasteiger charge is -2.20. The lowest BCUT2D eigenvalue weighted by molar-refractivity contribution is -0.137. The van der Waals surface area contributed by atoms with E-state index in [1.165, 1.54) is 4.90 Å². The molecule has 0 radical (unpaired) electrons. The maximum absolute atomic E-state index is 11.8. The van der Waals surface area contributed by atoms with Crippen LogP contribution >= 0.6 is 0 Å². The zero-order valence-electron chi connectivity index (χ0n) is 10.4. The summed E-state index contributed by atoms with van der Waals surface area (Å²) in [5.74, 6) is -1.18. The Morgan fingerprint density at radius 1 is 1.56 bits per heavy atom. The summed E-state index contributed by atoms with van der Waals surface area (Å²) in [4.78, 5) is 35.0. The van der Waals surface area contributed by atoms with Gasteiger partial charge in [0.15, 0.2) is 0 Å². The first kappa shape index (κ1) is 14.3. The number of carbonyl (C=O) groups excluding carboxylic acids is 2. The summed E-state index contributed by atoms with van der Waals surface area (Å²) in [6.07, 6.45) is 0.741. The van der Waals surface area contributed by atoms with E-state index in [4.69, 9.17) is 5.11 Å². The van der Waals surface area contributed by atoms with Crippen molar-refractivity contribution in [2.45, 2.75) is 19.8 Å². The van der Waals surface area contributed by atoms with E-state index >= 15 is 0 Å². The van der Waals surface area contributed by atoms with Gasteiger partial charge in [0.05, 0.1) is 0 Å². The molecule has 0 aromatic heterocycles. The summed E-state index contributed by atoms with van der Waals surface area (Å²) >= 11 is 0.